The smallest absolute Gasteiger partial charge is 0.331 e. The summed E-state index contributed by atoms with van der Waals surface area (Å²) < 4.78 is 17.4. The minimum absolute atomic E-state index is 0.0103. The molecule has 3 aliphatic carbocycles. The van der Waals surface area contributed by atoms with Gasteiger partial charge in [-0.25, -0.2) is 4.79 Å². The van der Waals surface area contributed by atoms with Gasteiger partial charge in [-0.15, -0.1) is 0 Å². The summed E-state index contributed by atoms with van der Waals surface area (Å²) in [6.45, 7) is 2.30. The van der Waals surface area contributed by atoms with Crippen LogP contribution in [0.15, 0.2) is 11.6 Å². The van der Waals surface area contributed by atoms with Crippen LogP contribution in [-0.4, -0.2) is 41.6 Å². The Morgan fingerprint density at radius 2 is 2.08 bits per heavy atom. The van der Waals surface area contributed by atoms with E-state index in [1.807, 2.05) is 6.92 Å². The van der Waals surface area contributed by atoms with Crippen molar-refractivity contribution in [1.29, 1.82) is 0 Å². The van der Waals surface area contributed by atoms with Crippen molar-refractivity contribution in [2.24, 2.45) is 28.6 Å². The molecular formula is C19H22O6. The van der Waals surface area contributed by atoms with Gasteiger partial charge >= 0.3 is 11.9 Å². The van der Waals surface area contributed by atoms with Crippen molar-refractivity contribution in [3.63, 3.8) is 0 Å². The Morgan fingerprint density at radius 1 is 1.24 bits per heavy atom. The van der Waals surface area contributed by atoms with E-state index >= 15 is 0 Å². The predicted octanol–water partition coefficient (Wildman–Crippen LogP) is 1.31. The molecule has 4 aliphatic heterocycles. The summed E-state index contributed by atoms with van der Waals surface area (Å²) in [6.07, 6.45) is 5.14. The first kappa shape index (κ1) is 14.7. The maximum absolute atomic E-state index is 12.8. The van der Waals surface area contributed by atoms with Crippen molar-refractivity contribution in [3.8, 4) is 0 Å². The third-order valence-corrected chi connectivity index (χ3v) is 8.42. The summed E-state index contributed by atoms with van der Waals surface area (Å²) in [7, 11) is 0. The minimum atomic E-state index is -1.41. The average Bonchev–Trinajstić information content (AvgIpc) is 3.09. The van der Waals surface area contributed by atoms with E-state index in [0.717, 1.165) is 24.8 Å². The van der Waals surface area contributed by atoms with Gasteiger partial charge in [-0.2, -0.15) is 0 Å². The zero-order valence-corrected chi connectivity index (χ0v) is 14.2. The number of esters is 2. The van der Waals surface area contributed by atoms with Crippen LogP contribution >= 0.6 is 0 Å². The molecule has 1 unspecified atom stereocenters. The molecule has 8 atom stereocenters. The van der Waals surface area contributed by atoms with Gasteiger partial charge in [-0.05, 0) is 44.1 Å². The topological polar surface area (TPSA) is 82.1 Å². The van der Waals surface area contributed by atoms with Gasteiger partial charge < -0.3 is 19.3 Å². The van der Waals surface area contributed by atoms with Crippen LogP contribution in [0.1, 0.15) is 39.0 Å². The van der Waals surface area contributed by atoms with Crippen molar-refractivity contribution in [1.82, 2.24) is 0 Å². The lowest BCUT2D eigenvalue weighted by atomic mass is 9.41. The number of carbonyl (C=O) groups is 2. The summed E-state index contributed by atoms with van der Waals surface area (Å²) in [5.41, 5.74) is -0.0570. The highest BCUT2D eigenvalue weighted by Crippen LogP contribution is 2.72. The van der Waals surface area contributed by atoms with Crippen molar-refractivity contribution in [2.75, 3.05) is 6.61 Å². The monoisotopic (exact) mass is 346 g/mol. The van der Waals surface area contributed by atoms with E-state index in [9.17, 15) is 14.7 Å². The summed E-state index contributed by atoms with van der Waals surface area (Å²) in [5.74, 6) is -1.48. The molecular weight excluding hydrogens is 324 g/mol. The fraction of sp³-hybridized carbons (Fsp3) is 0.789. The van der Waals surface area contributed by atoms with Crippen LogP contribution in [0.5, 0.6) is 0 Å². The second kappa shape index (κ2) is 4.12. The average molecular weight is 346 g/mol. The molecule has 7 rings (SSSR count). The lowest BCUT2D eigenvalue weighted by Crippen LogP contribution is -2.73. The highest BCUT2D eigenvalue weighted by molar-refractivity contribution is 5.86. The van der Waals surface area contributed by atoms with Crippen LogP contribution in [-0.2, 0) is 23.8 Å². The van der Waals surface area contributed by atoms with E-state index in [1.54, 1.807) is 6.08 Å². The second-order valence-corrected chi connectivity index (χ2v) is 9.05. The standard InChI is InChI=1S/C19H22O6/c1-17-15-12(24-16(17)21)7-10-11(3-2-9-6-13(20)25-14(9)10)18(15)4-5-19(17,22)23-8-18/h6,10-12,14-15,22H,2-5,7-8H2,1H3/t10-,11-,12-,14+,15+,17+,18-,19?/m1/s1. The zero-order valence-electron chi connectivity index (χ0n) is 14.2. The van der Waals surface area contributed by atoms with Crippen LogP contribution in [0.3, 0.4) is 0 Å². The summed E-state index contributed by atoms with van der Waals surface area (Å²) in [5, 5.41) is 11.0. The van der Waals surface area contributed by atoms with Gasteiger partial charge in [0.2, 0.25) is 0 Å². The van der Waals surface area contributed by atoms with Gasteiger partial charge in [-0.3, -0.25) is 4.79 Å². The first-order valence-electron chi connectivity index (χ1n) is 9.38. The number of ether oxygens (including phenoxy) is 3. The van der Waals surface area contributed by atoms with Crippen LogP contribution in [0.25, 0.3) is 0 Å². The minimum Gasteiger partial charge on any atom is -0.461 e. The summed E-state index contributed by atoms with van der Waals surface area (Å²) in [6, 6.07) is 0. The molecule has 0 aromatic carbocycles. The predicted molar refractivity (Wildman–Crippen MR) is 82.8 cm³/mol. The van der Waals surface area contributed by atoms with Crippen molar-refractivity contribution in [2.45, 2.75) is 57.0 Å². The Balaban J connectivity index is 1.49. The van der Waals surface area contributed by atoms with Crippen LogP contribution < -0.4 is 0 Å². The fourth-order valence-electron chi connectivity index (χ4n) is 7.40. The fourth-order valence-corrected chi connectivity index (χ4v) is 7.40. The molecule has 6 heteroatoms. The van der Waals surface area contributed by atoms with Crippen LogP contribution in [0.2, 0.25) is 0 Å². The Labute approximate surface area is 145 Å². The second-order valence-electron chi connectivity index (χ2n) is 9.05. The van der Waals surface area contributed by atoms with E-state index in [0.29, 0.717) is 25.4 Å². The maximum atomic E-state index is 12.8. The SMILES string of the molecule is C[C@]12C(=O)O[C@@H]3C[C@@H]4[C@@H](CCC5=CC(=O)O[C@@H]54)[C@]4(CCC1(O)OC4)[C@@H]32. The quantitative estimate of drug-likeness (QED) is 0.666. The molecule has 4 heterocycles. The van der Waals surface area contributed by atoms with Gasteiger partial charge in [0.25, 0.3) is 0 Å². The molecule has 0 aromatic heterocycles. The van der Waals surface area contributed by atoms with Gasteiger partial charge in [-0.1, -0.05) is 0 Å². The lowest BCUT2D eigenvalue weighted by Gasteiger charge is -2.67. The third kappa shape index (κ3) is 1.41. The Morgan fingerprint density at radius 3 is 2.84 bits per heavy atom. The summed E-state index contributed by atoms with van der Waals surface area (Å²) in [4.78, 5) is 24.6. The van der Waals surface area contributed by atoms with Gasteiger partial charge in [0.1, 0.15) is 17.6 Å². The molecule has 25 heavy (non-hydrogen) atoms. The number of rotatable bonds is 0. The first-order chi connectivity index (χ1) is 11.9. The van der Waals surface area contributed by atoms with Crippen molar-refractivity contribution >= 4 is 11.9 Å². The number of hydrogen-bond acceptors (Lipinski definition) is 6. The molecule has 0 aromatic rings. The van der Waals surface area contributed by atoms with Crippen molar-refractivity contribution in [3.05, 3.63) is 11.6 Å². The number of fused-ring (bicyclic) bond motifs is 5. The van der Waals surface area contributed by atoms with Gasteiger partial charge in [0.05, 0.1) is 6.61 Å². The molecule has 2 bridgehead atoms. The Bertz CT molecular complexity index is 732. The molecule has 7 aliphatic rings. The number of carbonyl (C=O) groups excluding carboxylic acids is 2. The van der Waals surface area contributed by atoms with Gasteiger partial charge in [0.15, 0.2) is 5.79 Å². The number of aliphatic hydroxyl groups is 1. The normalized spacial score (nSPS) is 58.0. The highest BCUT2D eigenvalue weighted by Gasteiger charge is 2.80. The summed E-state index contributed by atoms with van der Waals surface area (Å²) >= 11 is 0. The molecule has 134 valence electrons. The maximum Gasteiger partial charge on any atom is 0.331 e. The van der Waals surface area contributed by atoms with E-state index in [1.165, 1.54) is 0 Å². The molecule has 3 saturated heterocycles. The molecule has 0 amide bonds. The molecule has 0 radical (unpaired) electrons. The number of hydrogen-bond donors (Lipinski definition) is 1. The molecule has 3 saturated carbocycles. The lowest BCUT2D eigenvalue weighted by molar-refractivity contribution is -0.378. The third-order valence-electron chi connectivity index (χ3n) is 8.42. The zero-order chi connectivity index (χ0) is 17.2. The van der Waals surface area contributed by atoms with E-state index < -0.39 is 11.2 Å². The van der Waals surface area contributed by atoms with Crippen molar-refractivity contribution < 1.29 is 28.9 Å². The largest absolute Gasteiger partial charge is 0.461 e. The van der Waals surface area contributed by atoms with Crippen LogP contribution in [0.4, 0.5) is 0 Å². The molecule has 1 spiro atoms. The molecule has 1 N–H and O–H groups in total. The molecule has 6 fully saturated rings. The van der Waals surface area contributed by atoms with Crippen LogP contribution in [0, 0.1) is 28.6 Å². The highest BCUT2D eigenvalue weighted by atomic mass is 16.6. The van der Waals surface area contributed by atoms with E-state index in [2.05, 4.69) is 0 Å². The Kier molecular flexibility index (Phi) is 2.43. The first-order valence-corrected chi connectivity index (χ1v) is 9.38. The Hall–Kier alpha value is -1.40. The van der Waals surface area contributed by atoms with E-state index in [-0.39, 0.29) is 41.4 Å². The van der Waals surface area contributed by atoms with Gasteiger partial charge in [0, 0.05) is 29.7 Å². The molecule has 6 nitrogen and oxygen atoms in total. The van der Waals surface area contributed by atoms with E-state index in [4.69, 9.17) is 14.2 Å².